The fourth-order valence-corrected chi connectivity index (χ4v) is 6.88. The maximum absolute atomic E-state index is 14.8. The highest BCUT2D eigenvalue weighted by molar-refractivity contribution is 5.86. The quantitative estimate of drug-likeness (QED) is 0.165. The van der Waals surface area contributed by atoms with Gasteiger partial charge in [-0.25, -0.2) is 9.18 Å². The molecule has 2 heterocycles. The van der Waals surface area contributed by atoms with Crippen LogP contribution in [-0.4, -0.2) is 64.8 Å². The number of hydrogen-bond donors (Lipinski definition) is 0. The SMILES string of the molecule is COCCCn1cc(CN(C(=O)[C@H]2CN(C(=O)OC(C)(C)C)CC[C@@H]2c2cccc(-c3ccccc3)c2)C2CC2)c2cc(F)ccc21. The lowest BCUT2D eigenvalue weighted by Crippen LogP contribution is -2.51. The molecule has 47 heavy (non-hydrogen) atoms. The Labute approximate surface area is 277 Å². The molecule has 4 aromatic rings. The number of nitrogens with zero attached hydrogens (tertiary/aromatic N) is 3. The van der Waals surface area contributed by atoms with Crippen LogP contribution >= 0.6 is 0 Å². The van der Waals surface area contributed by atoms with Crippen molar-refractivity contribution in [1.82, 2.24) is 14.4 Å². The zero-order chi connectivity index (χ0) is 33.1. The van der Waals surface area contributed by atoms with Gasteiger partial charge in [-0.3, -0.25) is 4.79 Å². The molecule has 2 amide bonds. The van der Waals surface area contributed by atoms with Crippen molar-refractivity contribution in [3.63, 3.8) is 0 Å². The van der Waals surface area contributed by atoms with Crippen molar-refractivity contribution in [3.8, 4) is 11.1 Å². The lowest BCUT2D eigenvalue weighted by atomic mass is 9.79. The summed E-state index contributed by atoms with van der Waals surface area (Å²) < 4.78 is 27.7. The van der Waals surface area contributed by atoms with Crippen molar-refractivity contribution in [1.29, 1.82) is 0 Å². The number of amides is 2. The van der Waals surface area contributed by atoms with Crippen molar-refractivity contribution >= 4 is 22.9 Å². The van der Waals surface area contributed by atoms with Gasteiger partial charge in [0.2, 0.25) is 5.91 Å². The van der Waals surface area contributed by atoms with E-state index in [4.69, 9.17) is 9.47 Å². The monoisotopic (exact) mass is 639 g/mol. The second-order valence-corrected chi connectivity index (χ2v) is 14.0. The summed E-state index contributed by atoms with van der Waals surface area (Å²) in [5.41, 5.74) is 4.57. The third kappa shape index (κ3) is 7.70. The smallest absolute Gasteiger partial charge is 0.410 e. The molecular weight excluding hydrogens is 593 g/mol. The van der Waals surface area contributed by atoms with Gasteiger partial charge in [-0.2, -0.15) is 0 Å². The number of rotatable bonds is 10. The number of benzene rings is 3. The normalized spacial score (nSPS) is 18.4. The van der Waals surface area contributed by atoms with Gasteiger partial charge < -0.3 is 23.8 Å². The molecule has 0 unspecified atom stereocenters. The van der Waals surface area contributed by atoms with Crippen LogP contribution in [-0.2, 0) is 27.4 Å². The molecule has 2 atom stereocenters. The summed E-state index contributed by atoms with van der Waals surface area (Å²) in [5, 5.41) is 0.826. The highest BCUT2D eigenvalue weighted by atomic mass is 19.1. The molecule has 248 valence electrons. The van der Waals surface area contributed by atoms with E-state index in [9.17, 15) is 14.0 Å². The number of piperidine rings is 1. The van der Waals surface area contributed by atoms with Crippen molar-refractivity contribution in [2.24, 2.45) is 5.92 Å². The molecule has 1 aliphatic carbocycles. The molecule has 0 radical (unpaired) electrons. The van der Waals surface area contributed by atoms with Gasteiger partial charge in [0.15, 0.2) is 0 Å². The van der Waals surface area contributed by atoms with E-state index in [1.807, 2.05) is 49.9 Å². The molecule has 6 rings (SSSR count). The Hall–Kier alpha value is -4.17. The van der Waals surface area contributed by atoms with Crippen molar-refractivity contribution in [2.45, 2.75) is 77.1 Å². The van der Waals surface area contributed by atoms with Gasteiger partial charge in [0, 0.05) is 63.0 Å². The van der Waals surface area contributed by atoms with E-state index in [1.54, 1.807) is 18.1 Å². The third-order valence-electron chi connectivity index (χ3n) is 9.29. The van der Waals surface area contributed by atoms with Crippen LogP contribution in [0.25, 0.3) is 22.0 Å². The molecule has 1 saturated carbocycles. The van der Waals surface area contributed by atoms with Crippen LogP contribution < -0.4 is 0 Å². The lowest BCUT2D eigenvalue weighted by molar-refractivity contribution is -0.139. The molecule has 1 aliphatic heterocycles. The zero-order valence-corrected chi connectivity index (χ0v) is 28.0. The molecule has 1 saturated heterocycles. The van der Waals surface area contributed by atoms with Crippen LogP contribution in [0.2, 0.25) is 0 Å². The Balaban J connectivity index is 1.33. The number of fused-ring (bicyclic) bond motifs is 1. The first-order valence-electron chi connectivity index (χ1n) is 16.8. The number of hydrogen-bond acceptors (Lipinski definition) is 4. The summed E-state index contributed by atoms with van der Waals surface area (Å²) >= 11 is 0. The van der Waals surface area contributed by atoms with Crippen LogP contribution in [0, 0.1) is 11.7 Å². The standard InChI is InChI=1S/C39H46FN3O4/c1-39(2,3)47-38(45)42-20-18-33(29-13-8-12-28(22-29)27-10-6-5-7-11-27)35(26-42)37(44)43(32-15-16-32)25-30-24-41(19-9-21-46-4)36-17-14-31(40)23-34(30)36/h5-8,10-14,17,22-24,32-33,35H,9,15-16,18-21,25-26H2,1-4H3/t33-,35+/m1/s1. The van der Waals surface area contributed by atoms with Crippen LogP contribution in [0.3, 0.4) is 0 Å². The molecular formula is C39H46FN3O4. The van der Waals surface area contributed by atoms with Gasteiger partial charge in [-0.05, 0) is 92.8 Å². The number of carbonyl (C=O) groups is 2. The summed E-state index contributed by atoms with van der Waals surface area (Å²) in [6.07, 6.45) is 5.02. The number of methoxy groups -OCH3 is 1. The molecule has 0 spiro atoms. The Morgan fingerprint density at radius 3 is 2.45 bits per heavy atom. The molecule has 8 heteroatoms. The summed E-state index contributed by atoms with van der Waals surface area (Å²) in [6, 6.07) is 23.7. The van der Waals surface area contributed by atoms with Gasteiger partial charge >= 0.3 is 6.09 Å². The number of likely N-dealkylation sites (tertiary alicyclic amines) is 1. The average molecular weight is 640 g/mol. The number of halogens is 1. The largest absolute Gasteiger partial charge is 0.444 e. The minimum absolute atomic E-state index is 0.0348. The maximum Gasteiger partial charge on any atom is 0.410 e. The van der Waals surface area contributed by atoms with Crippen molar-refractivity contribution < 1.29 is 23.5 Å². The van der Waals surface area contributed by atoms with Crippen LogP contribution in [0.5, 0.6) is 0 Å². The van der Waals surface area contributed by atoms with Crippen LogP contribution in [0.4, 0.5) is 9.18 Å². The summed E-state index contributed by atoms with van der Waals surface area (Å²) in [4.78, 5) is 31.8. The first kappa shape index (κ1) is 32.8. The van der Waals surface area contributed by atoms with Gasteiger partial charge in [0.05, 0.1) is 5.92 Å². The Kier molecular flexibility index (Phi) is 9.69. The van der Waals surface area contributed by atoms with Gasteiger partial charge in [0.1, 0.15) is 11.4 Å². The minimum Gasteiger partial charge on any atom is -0.444 e. The molecule has 2 aliphatic rings. The van der Waals surface area contributed by atoms with Gasteiger partial charge in [-0.15, -0.1) is 0 Å². The van der Waals surface area contributed by atoms with Crippen molar-refractivity contribution in [3.05, 3.63) is 95.9 Å². The zero-order valence-electron chi connectivity index (χ0n) is 28.0. The molecule has 0 bridgehead atoms. The van der Waals surface area contributed by atoms with E-state index >= 15 is 0 Å². The fraction of sp³-hybridized carbons (Fsp3) is 0.436. The predicted octanol–water partition coefficient (Wildman–Crippen LogP) is 8.02. The molecule has 0 N–H and O–H groups in total. The van der Waals surface area contributed by atoms with E-state index in [2.05, 4.69) is 47.2 Å². The van der Waals surface area contributed by atoms with E-state index in [-0.39, 0.29) is 36.3 Å². The van der Waals surface area contributed by atoms with E-state index in [0.29, 0.717) is 26.1 Å². The Morgan fingerprint density at radius 2 is 1.72 bits per heavy atom. The second-order valence-electron chi connectivity index (χ2n) is 14.0. The number of aryl methyl sites for hydroxylation is 1. The van der Waals surface area contributed by atoms with Crippen molar-refractivity contribution in [2.75, 3.05) is 26.8 Å². The van der Waals surface area contributed by atoms with E-state index < -0.39 is 11.5 Å². The van der Waals surface area contributed by atoms with E-state index in [0.717, 1.165) is 59.0 Å². The highest BCUT2D eigenvalue weighted by Crippen LogP contribution is 2.40. The van der Waals surface area contributed by atoms with E-state index in [1.165, 1.54) is 6.07 Å². The molecule has 3 aromatic carbocycles. The first-order chi connectivity index (χ1) is 22.6. The van der Waals surface area contributed by atoms with Crippen LogP contribution in [0.15, 0.2) is 79.0 Å². The summed E-state index contributed by atoms with van der Waals surface area (Å²) in [7, 11) is 1.69. The third-order valence-corrected chi connectivity index (χ3v) is 9.29. The fourth-order valence-electron chi connectivity index (χ4n) is 6.88. The first-order valence-corrected chi connectivity index (χ1v) is 16.8. The number of ether oxygens (including phenoxy) is 2. The van der Waals surface area contributed by atoms with Gasteiger partial charge in [-0.1, -0.05) is 54.6 Å². The predicted molar refractivity (Wildman–Crippen MR) is 182 cm³/mol. The maximum atomic E-state index is 14.8. The molecule has 2 fully saturated rings. The highest BCUT2D eigenvalue weighted by Gasteiger charge is 2.43. The lowest BCUT2D eigenvalue weighted by Gasteiger charge is -2.40. The summed E-state index contributed by atoms with van der Waals surface area (Å²) in [5.74, 6) is -0.780. The molecule has 7 nitrogen and oxygen atoms in total. The number of carbonyl (C=O) groups excluding carboxylic acids is 2. The summed E-state index contributed by atoms with van der Waals surface area (Å²) in [6.45, 7) is 8.13. The Bertz CT molecular complexity index is 1710. The second kappa shape index (κ2) is 13.9. The topological polar surface area (TPSA) is 64.0 Å². The molecule has 1 aromatic heterocycles. The average Bonchev–Trinajstić information content (AvgIpc) is 3.85. The number of aromatic nitrogens is 1. The minimum atomic E-state index is -0.635. The van der Waals surface area contributed by atoms with Gasteiger partial charge in [0.25, 0.3) is 0 Å². The van der Waals surface area contributed by atoms with Crippen LogP contribution in [0.1, 0.15) is 63.5 Å². The Morgan fingerprint density at radius 1 is 0.957 bits per heavy atom.